The summed E-state index contributed by atoms with van der Waals surface area (Å²) in [6, 6.07) is 14.1. The maximum absolute atomic E-state index is 12.5. The summed E-state index contributed by atoms with van der Waals surface area (Å²) in [6.07, 6.45) is 3.43. The summed E-state index contributed by atoms with van der Waals surface area (Å²) in [5.74, 6) is 1.33. The summed E-state index contributed by atoms with van der Waals surface area (Å²) in [5.41, 5.74) is 3.22. The molecule has 2 aromatic rings. The minimum absolute atomic E-state index is 0.00356. The van der Waals surface area contributed by atoms with E-state index >= 15 is 0 Å². The monoisotopic (exact) mass is 381 g/mol. The molecule has 0 radical (unpaired) electrons. The van der Waals surface area contributed by atoms with Gasteiger partial charge in [0.15, 0.2) is 11.5 Å². The topological polar surface area (TPSA) is 38.8 Å². The van der Waals surface area contributed by atoms with Crippen LogP contribution in [0.3, 0.4) is 0 Å². The van der Waals surface area contributed by atoms with Crippen LogP contribution in [0, 0.1) is 6.92 Å². The van der Waals surface area contributed by atoms with Crippen LogP contribution in [0.15, 0.2) is 48.5 Å². The largest absolute Gasteiger partial charge is 0.493 e. The van der Waals surface area contributed by atoms with Crippen molar-refractivity contribution in [3.8, 4) is 11.5 Å². The zero-order valence-corrected chi connectivity index (χ0v) is 17.7. The van der Waals surface area contributed by atoms with E-state index in [1.807, 2.05) is 69.0 Å². The lowest BCUT2D eigenvalue weighted by Crippen LogP contribution is -2.41. The molecule has 0 heterocycles. The van der Waals surface area contributed by atoms with Gasteiger partial charge in [0, 0.05) is 18.2 Å². The van der Waals surface area contributed by atoms with Gasteiger partial charge in [0.2, 0.25) is 5.91 Å². The molecule has 4 nitrogen and oxygen atoms in total. The lowest BCUT2D eigenvalue weighted by atomic mass is 10.1. The summed E-state index contributed by atoms with van der Waals surface area (Å²) in [4.78, 5) is 14.3. The molecule has 0 atom stereocenters. The minimum Gasteiger partial charge on any atom is -0.493 e. The summed E-state index contributed by atoms with van der Waals surface area (Å²) in [6.45, 7) is 10.6. The molecule has 1 amide bonds. The number of aryl methyl sites for hydroxylation is 1. The highest BCUT2D eigenvalue weighted by atomic mass is 16.5. The fourth-order valence-electron chi connectivity index (χ4n) is 3.19. The second-order valence-electron chi connectivity index (χ2n) is 7.39. The lowest BCUT2D eigenvalue weighted by molar-refractivity contribution is -0.129. The molecule has 0 spiro atoms. The van der Waals surface area contributed by atoms with Crippen molar-refractivity contribution in [2.75, 3.05) is 7.11 Å². The Kier molecular flexibility index (Phi) is 7.68. The van der Waals surface area contributed by atoms with Gasteiger partial charge in [-0.15, -0.1) is 0 Å². The molecule has 0 aliphatic rings. The van der Waals surface area contributed by atoms with Crippen LogP contribution < -0.4 is 9.47 Å². The highest BCUT2D eigenvalue weighted by Gasteiger charge is 2.17. The average molecular weight is 382 g/mol. The predicted octanol–water partition coefficient (Wildman–Crippen LogP) is 5.24. The quantitative estimate of drug-likeness (QED) is 0.587. The van der Waals surface area contributed by atoms with Gasteiger partial charge in [0.1, 0.15) is 6.61 Å². The predicted molar refractivity (Wildman–Crippen MR) is 115 cm³/mol. The first-order chi connectivity index (χ1) is 13.3. The van der Waals surface area contributed by atoms with Crippen molar-refractivity contribution in [1.82, 2.24) is 4.90 Å². The van der Waals surface area contributed by atoms with Crippen molar-refractivity contribution in [3.63, 3.8) is 0 Å². The number of nitrogens with zero attached hydrogens (tertiary/aromatic N) is 1. The van der Waals surface area contributed by atoms with Crippen molar-refractivity contribution in [3.05, 3.63) is 65.2 Å². The Balaban J connectivity index is 2.12. The van der Waals surface area contributed by atoms with Crippen LogP contribution in [0.5, 0.6) is 11.5 Å². The number of hydrogen-bond acceptors (Lipinski definition) is 3. The number of rotatable bonds is 8. The van der Waals surface area contributed by atoms with Crippen molar-refractivity contribution in [2.24, 2.45) is 0 Å². The molecule has 4 heteroatoms. The maximum atomic E-state index is 12.5. The number of hydrogen-bond donors (Lipinski definition) is 0. The van der Waals surface area contributed by atoms with Crippen LogP contribution in [0.2, 0.25) is 0 Å². The summed E-state index contributed by atoms with van der Waals surface area (Å²) < 4.78 is 11.4. The third-order valence-electron chi connectivity index (χ3n) is 4.62. The molecule has 0 fully saturated rings. The van der Waals surface area contributed by atoms with Crippen molar-refractivity contribution in [2.45, 2.75) is 53.3 Å². The summed E-state index contributed by atoms with van der Waals surface area (Å²) in [5, 5.41) is 0. The molecule has 0 aliphatic heterocycles. The van der Waals surface area contributed by atoms with Crippen LogP contribution in [-0.4, -0.2) is 30.0 Å². The molecule has 0 N–H and O–H groups in total. The Morgan fingerprint density at radius 1 is 1.04 bits per heavy atom. The van der Waals surface area contributed by atoms with Gasteiger partial charge in [-0.05, 0) is 69.5 Å². The molecule has 0 aromatic heterocycles. The highest BCUT2D eigenvalue weighted by Crippen LogP contribution is 2.29. The summed E-state index contributed by atoms with van der Waals surface area (Å²) in [7, 11) is 1.62. The Labute approximate surface area is 168 Å². The first-order valence-electron chi connectivity index (χ1n) is 9.69. The fourth-order valence-corrected chi connectivity index (χ4v) is 3.19. The second kappa shape index (κ2) is 9.98. The zero-order valence-electron chi connectivity index (χ0n) is 17.7. The average Bonchev–Trinajstić information content (AvgIpc) is 2.65. The molecule has 0 bridgehead atoms. The molecule has 0 unspecified atom stereocenters. The Morgan fingerprint density at radius 3 is 2.32 bits per heavy atom. The van der Waals surface area contributed by atoms with Crippen molar-refractivity contribution in [1.29, 1.82) is 0 Å². The number of carbonyl (C=O) groups is 1. The Morgan fingerprint density at radius 2 is 1.71 bits per heavy atom. The molecule has 2 rings (SSSR count). The van der Waals surface area contributed by atoms with Gasteiger partial charge in [-0.25, -0.2) is 0 Å². The molecule has 0 saturated carbocycles. The zero-order chi connectivity index (χ0) is 20.7. The van der Waals surface area contributed by atoms with E-state index in [9.17, 15) is 4.79 Å². The first kappa shape index (κ1) is 21.5. The summed E-state index contributed by atoms with van der Waals surface area (Å²) >= 11 is 0. The van der Waals surface area contributed by atoms with E-state index < -0.39 is 0 Å². The number of amides is 1. The van der Waals surface area contributed by atoms with E-state index in [4.69, 9.17) is 9.47 Å². The SMILES string of the molecule is COc1cc(/C=C/C(=O)N(C(C)C)C(C)C)ccc1OCc1ccccc1C. The number of ether oxygens (including phenoxy) is 2. The van der Waals surface area contributed by atoms with Crippen LogP contribution in [0.4, 0.5) is 0 Å². The van der Waals surface area contributed by atoms with Gasteiger partial charge < -0.3 is 14.4 Å². The van der Waals surface area contributed by atoms with Gasteiger partial charge in [-0.3, -0.25) is 4.79 Å². The normalized spacial score (nSPS) is 11.3. The Bertz CT molecular complexity index is 816. The smallest absolute Gasteiger partial charge is 0.247 e. The lowest BCUT2D eigenvalue weighted by Gasteiger charge is -2.29. The molecule has 150 valence electrons. The van der Waals surface area contributed by atoms with E-state index in [1.165, 1.54) is 5.56 Å². The minimum atomic E-state index is 0.00356. The van der Waals surface area contributed by atoms with Gasteiger partial charge in [-0.2, -0.15) is 0 Å². The van der Waals surface area contributed by atoms with Crippen molar-refractivity contribution >= 4 is 12.0 Å². The first-order valence-corrected chi connectivity index (χ1v) is 9.69. The number of carbonyl (C=O) groups excluding carboxylic acids is 1. The molecule has 0 saturated heterocycles. The van der Waals surface area contributed by atoms with Crippen LogP contribution in [0.1, 0.15) is 44.4 Å². The van der Waals surface area contributed by atoms with Crippen LogP contribution in [0.25, 0.3) is 6.08 Å². The Hall–Kier alpha value is -2.75. The second-order valence-corrected chi connectivity index (χ2v) is 7.39. The maximum Gasteiger partial charge on any atom is 0.247 e. The standard InChI is InChI=1S/C24H31NO3/c1-17(2)25(18(3)4)24(26)14-12-20-11-13-22(23(15-20)27-6)28-16-21-10-8-7-9-19(21)5/h7-15,17-18H,16H2,1-6H3/b14-12+. The number of methoxy groups -OCH3 is 1. The molecular formula is C24H31NO3. The van der Waals surface area contributed by atoms with Crippen LogP contribution >= 0.6 is 0 Å². The van der Waals surface area contributed by atoms with E-state index in [-0.39, 0.29) is 18.0 Å². The van der Waals surface area contributed by atoms with Gasteiger partial charge in [-0.1, -0.05) is 30.3 Å². The van der Waals surface area contributed by atoms with Crippen LogP contribution in [-0.2, 0) is 11.4 Å². The molecule has 0 aliphatic carbocycles. The molecular weight excluding hydrogens is 350 g/mol. The third-order valence-corrected chi connectivity index (χ3v) is 4.62. The molecule has 28 heavy (non-hydrogen) atoms. The van der Waals surface area contributed by atoms with Gasteiger partial charge >= 0.3 is 0 Å². The number of benzene rings is 2. The highest BCUT2D eigenvalue weighted by molar-refractivity contribution is 5.92. The van der Waals surface area contributed by atoms with E-state index in [0.29, 0.717) is 18.1 Å². The van der Waals surface area contributed by atoms with E-state index in [0.717, 1.165) is 11.1 Å². The fraction of sp³-hybridized carbons (Fsp3) is 0.375. The van der Waals surface area contributed by atoms with Crippen molar-refractivity contribution < 1.29 is 14.3 Å². The third kappa shape index (κ3) is 5.62. The van der Waals surface area contributed by atoms with Gasteiger partial charge in [0.05, 0.1) is 7.11 Å². The van der Waals surface area contributed by atoms with E-state index in [2.05, 4.69) is 19.1 Å². The van der Waals surface area contributed by atoms with Gasteiger partial charge in [0.25, 0.3) is 0 Å². The molecule has 2 aromatic carbocycles. The van der Waals surface area contributed by atoms with E-state index in [1.54, 1.807) is 13.2 Å².